The number of aliphatic hydroxyl groups is 1. The molecular weight excluding hydrogens is 448 g/mol. The van der Waals surface area contributed by atoms with Gasteiger partial charge in [0.15, 0.2) is 0 Å². The number of rotatable bonds is 4. The van der Waals surface area contributed by atoms with Crippen LogP contribution in [0.25, 0.3) is 0 Å². The first-order valence-electron chi connectivity index (χ1n) is 13.0. The average Bonchev–Trinajstić information content (AvgIpc) is 2.90. The topological polar surface area (TPSA) is 78.5 Å². The molecule has 5 atom stereocenters. The summed E-state index contributed by atoms with van der Waals surface area (Å²) in [4.78, 5) is 15.2. The number of nitrogens with zero attached hydrogens (tertiary/aromatic N) is 6. The van der Waals surface area contributed by atoms with Gasteiger partial charge in [0, 0.05) is 56.8 Å². The van der Waals surface area contributed by atoms with E-state index in [-0.39, 0.29) is 17.3 Å². The number of hydrogen-bond acceptors (Lipinski definition) is 7. The van der Waals surface area contributed by atoms with Crippen LogP contribution in [0.1, 0.15) is 34.1 Å². The van der Waals surface area contributed by atoms with Crippen LogP contribution in [0.4, 0.5) is 0 Å². The minimum atomic E-state index is -0.822. The second-order valence-electron chi connectivity index (χ2n) is 11.7. The zero-order valence-corrected chi connectivity index (χ0v) is 22.2. The van der Waals surface area contributed by atoms with Gasteiger partial charge in [-0.3, -0.25) is 4.99 Å². The Morgan fingerprint density at radius 1 is 1.22 bits per heavy atom. The number of aliphatic hydroxyl groups excluding tert-OH is 1. The Kier molecular flexibility index (Phi) is 7.97. The Balaban J connectivity index is 1.57. The summed E-state index contributed by atoms with van der Waals surface area (Å²) in [5.41, 5.74) is 2.28. The van der Waals surface area contributed by atoms with Crippen LogP contribution in [0.5, 0.6) is 0 Å². The predicted octanol–water partition coefficient (Wildman–Crippen LogP) is 4.16. The van der Waals surface area contributed by atoms with E-state index >= 15 is 0 Å². The van der Waals surface area contributed by atoms with Crippen LogP contribution in [-0.4, -0.2) is 71.9 Å². The van der Waals surface area contributed by atoms with Crippen molar-refractivity contribution in [1.82, 2.24) is 14.7 Å². The van der Waals surface area contributed by atoms with E-state index in [1.54, 1.807) is 11.2 Å². The molecule has 0 radical (unpaired) electrons. The summed E-state index contributed by atoms with van der Waals surface area (Å²) in [6.07, 6.45) is 18.4. The smallest absolute Gasteiger partial charge is 0.207 e. The minimum absolute atomic E-state index is 0.0180. The fourth-order valence-electron chi connectivity index (χ4n) is 5.38. The molecule has 4 aliphatic rings. The monoisotopic (exact) mass is 488 g/mol. The number of piperidine rings is 1. The zero-order chi connectivity index (χ0) is 25.9. The molecule has 192 valence electrons. The maximum Gasteiger partial charge on any atom is 0.207 e. The molecule has 7 nitrogen and oxygen atoms in total. The third kappa shape index (κ3) is 6.24. The number of allylic oxidation sites excluding steroid dienone is 5. The fraction of sp³-hybridized carbons (Fsp3) is 0.552. The van der Waals surface area contributed by atoms with Crippen molar-refractivity contribution in [3.63, 3.8) is 0 Å². The van der Waals surface area contributed by atoms with Crippen molar-refractivity contribution < 1.29 is 5.11 Å². The number of hydrogen-bond donors (Lipinski definition) is 1. The first-order chi connectivity index (χ1) is 17.1. The Hall–Kier alpha value is -2.95. The molecule has 0 aromatic heterocycles. The molecule has 0 aromatic carbocycles. The van der Waals surface area contributed by atoms with Crippen LogP contribution in [0.15, 0.2) is 69.6 Å². The summed E-state index contributed by atoms with van der Waals surface area (Å²) in [6, 6.07) is 2.40. The van der Waals surface area contributed by atoms with E-state index in [1.165, 1.54) is 0 Å². The molecule has 0 bridgehead atoms. The molecule has 7 heteroatoms. The van der Waals surface area contributed by atoms with E-state index in [2.05, 4.69) is 68.1 Å². The van der Waals surface area contributed by atoms with Crippen molar-refractivity contribution in [3.05, 3.63) is 59.6 Å². The first-order valence-corrected chi connectivity index (χ1v) is 13.0. The quantitative estimate of drug-likeness (QED) is 0.643. The molecule has 0 aromatic rings. The van der Waals surface area contributed by atoms with Gasteiger partial charge in [-0.1, -0.05) is 45.9 Å². The molecule has 3 aliphatic heterocycles. The Labute approximate surface area is 216 Å². The van der Waals surface area contributed by atoms with Gasteiger partial charge in [-0.05, 0) is 48.3 Å². The SMILES string of the molecule is CC1C=C(C#N)C(/C2=C/C=C/N(CC(C)(C)C)C(O)N(C)C=N2)=CC1CN1CCC2C=CN=CC2C1. The number of likely N-dealkylation sites (tertiary alicyclic amines) is 1. The molecule has 36 heavy (non-hydrogen) atoms. The van der Waals surface area contributed by atoms with Gasteiger partial charge in [-0.25, -0.2) is 4.99 Å². The van der Waals surface area contributed by atoms with Crippen molar-refractivity contribution in [1.29, 1.82) is 5.26 Å². The highest BCUT2D eigenvalue weighted by Gasteiger charge is 2.31. The maximum absolute atomic E-state index is 10.9. The molecule has 3 heterocycles. The van der Waals surface area contributed by atoms with Gasteiger partial charge in [0.25, 0.3) is 0 Å². The standard InChI is InChI=1S/C29H40N6O/c1-21-13-23(15-30)26(14-24(21)17-34-12-9-22-8-10-31-16-25(22)18-34)27-7-6-11-35(19-29(2,3)4)28(36)33(5)20-32-27/h6-8,10-11,13-14,16,20-22,24-25,28,36H,9,12,17-19H2,1-5H3/b11-6+,27-7-,32-20?. The van der Waals surface area contributed by atoms with E-state index in [0.29, 0.717) is 24.0 Å². The molecule has 4 rings (SSSR count). The van der Waals surface area contributed by atoms with Gasteiger partial charge in [-0.15, -0.1) is 0 Å². The average molecular weight is 489 g/mol. The lowest BCUT2D eigenvalue weighted by atomic mass is 9.80. The van der Waals surface area contributed by atoms with Crippen LogP contribution in [0.3, 0.4) is 0 Å². The molecule has 0 saturated carbocycles. The van der Waals surface area contributed by atoms with Crippen molar-refractivity contribution in [2.75, 3.05) is 33.2 Å². The second kappa shape index (κ2) is 11.0. The highest BCUT2D eigenvalue weighted by Crippen LogP contribution is 2.34. The highest BCUT2D eigenvalue weighted by molar-refractivity contribution is 5.64. The van der Waals surface area contributed by atoms with Gasteiger partial charge in [0.1, 0.15) is 0 Å². The van der Waals surface area contributed by atoms with Crippen molar-refractivity contribution >= 4 is 12.6 Å². The summed E-state index contributed by atoms with van der Waals surface area (Å²) < 4.78 is 0. The van der Waals surface area contributed by atoms with Gasteiger partial charge in [-0.2, -0.15) is 5.26 Å². The normalized spacial score (nSPS) is 33.4. The summed E-state index contributed by atoms with van der Waals surface area (Å²) in [5, 5.41) is 20.8. The van der Waals surface area contributed by atoms with Crippen LogP contribution >= 0.6 is 0 Å². The van der Waals surface area contributed by atoms with E-state index in [9.17, 15) is 10.4 Å². The Morgan fingerprint density at radius 2 is 2.03 bits per heavy atom. The molecule has 0 amide bonds. The van der Waals surface area contributed by atoms with Crippen molar-refractivity contribution in [2.24, 2.45) is 39.1 Å². The van der Waals surface area contributed by atoms with Crippen molar-refractivity contribution in [2.45, 2.75) is 40.5 Å². The highest BCUT2D eigenvalue weighted by atomic mass is 16.3. The van der Waals surface area contributed by atoms with Gasteiger partial charge < -0.3 is 19.8 Å². The van der Waals surface area contributed by atoms with Crippen molar-refractivity contribution in [3.8, 4) is 6.07 Å². The van der Waals surface area contributed by atoms with Gasteiger partial charge in [0.05, 0.1) is 23.7 Å². The zero-order valence-electron chi connectivity index (χ0n) is 22.2. The lowest BCUT2D eigenvalue weighted by Gasteiger charge is -2.39. The summed E-state index contributed by atoms with van der Waals surface area (Å²) in [7, 11) is 1.81. The lowest BCUT2D eigenvalue weighted by Crippen LogP contribution is -2.46. The molecule has 1 fully saturated rings. The Bertz CT molecular complexity index is 1070. The largest absolute Gasteiger partial charge is 0.356 e. The lowest BCUT2D eigenvalue weighted by molar-refractivity contribution is -0.0543. The molecule has 5 unspecified atom stereocenters. The summed E-state index contributed by atoms with van der Waals surface area (Å²) >= 11 is 0. The molecule has 1 N–H and O–H groups in total. The summed E-state index contributed by atoms with van der Waals surface area (Å²) in [6.45, 7) is 12.4. The number of fused-ring (bicyclic) bond motifs is 1. The fourth-order valence-corrected chi connectivity index (χ4v) is 5.38. The third-order valence-corrected chi connectivity index (χ3v) is 7.36. The second-order valence-corrected chi connectivity index (χ2v) is 11.7. The number of nitriles is 1. The van der Waals surface area contributed by atoms with Crippen LogP contribution < -0.4 is 0 Å². The van der Waals surface area contributed by atoms with Crippen LogP contribution in [-0.2, 0) is 0 Å². The number of aliphatic imine (C=N–C) groups is 2. The summed E-state index contributed by atoms with van der Waals surface area (Å²) in [5.74, 6) is 1.65. The van der Waals surface area contributed by atoms with E-state index in [1.807, 2.05) is 36.5 Å². The predicted molar refractivity (Wildman–Crippen MR) is 146 cm³/mol. The van der Waals surface area contributed by atoms with Gasteiger partial charge >= 0.3 is 0 Å². The van der Waals surface area contributed by atoms with E-state index < -0.39 is 6.35 Å². The van der Waals surface area contributed by atoms with E-state index in [4.69, 9.17) is 4.99 Å². The molecule has 1 aliphatic carbocycles. The molecule has 1 saturated heterocycles. The van der Waals surface area contributed by atoms with Crippen LogP contribution in [0, 0.1) is 40.4 Å². The molecular formula is C29H40N6O. The Morgan fingerprint density at radius 3 is 2.78 bits per heavy atom. The van der Waals surface area contributed by atoms with Crippen LogP contribution in [0.2, 0.25) is 0 Å². The third-order valence-electron chi connectivity index (χ3n) is 7.36. The molecule has 0 spiro atoms. The minimum Gasteiger partial charge on any atom is -0.356 e. The first kappa shape index (κ1) is 26.1. The van der Waals surface area contributed by atoms with E-state index in [0.717, 1.165) is 37.3 Å². The maximum atomic E-state index is 10.9. The van der Waals surface area contributed by atoms with Gasteiger partial charge in [0.2, 0.25) is 6.35 Å².